The molecule has 0 radical (unpaired) electrons. The summed E-state index contributed by atoms with van der Waals surface area (Å²) in [7, 11) is 1.42. The van der Waals surface area contributed by atoms with Gasteiger partial charge in [-0.1, -0.05) is 6.58 Å². The highest BCUT2D eigenvalue weighted by Gasteiger charge is 1.93. The Morgan fingerprint density at radius 3 is 2.67 bits per heavy atom. The molecular formula is C5H8N2O2. The lowest BCUT2D eigenvalue weighted by atomic mass is 10.6. The van der Waals surface area contributed by atoms with Crippen molar-refractivity contribution >= 4 is 12.3 Å². The van der Waals surface area contributed by atoms with Crippen molar-refractivity contribution in [3.05, 3.63) is 12.7 Å². The predicted octanol–water partition coefficient (Wildman–Crippen LogP) is -0.708. The van der Waals surface area contributed by atoms with Gasteiger partial charge in [-0.15, -0.1) is 0 Å². The number of carbonyl (C=O) groups is 2. The van der Waals surface area contributed by atoms with E-state index < -0.39 is 5.91 Å². The maximum atomic E-state index is 10.4. The fourth-order valence-electron chi connectivity index (χ4n) is 0.246. The standard InChI is InChI=1S/C5H8N2O2/c1-3-5(9)6-7(2)4-8/h3-4H,1H2,2H3,(H,6,9). The van der Waals surface area contributed by atoms with Crippen LogP contribution in [0.1, 0.15) is 0 Å². The van der Waals surface area contributed by atoms with Gasteiger partial charge >= 0.3 is 0 Å². The van der Waals surface area contributed by atoms with Crippen LogP contribution in [0.3, 0.4) is 0 Å². The Hall–Kier alpha value is -1.32. The number of hydrogen-bond donors (Lipinski definition) is 1. The Kier molecular flexibility index (Phi) is 3.12. The number of rotatable bonds is 3. The highest BCUT2D eigenvalue weighted by atomic mass is 16.2. The number of carbonyl (C=O) groups excluding carboxylic acids is 2. The topological polar surface area (TPSA) is 49.4 Å². The first kappa shape index (κ1) is 7.68. The molecule has 2 amide bonds. The Balaban J connectivity index is 3.58. The minimum Gasteiger partial charge on any atom is -0.277 e. The van der Waals surface area contributed by atoms with Crippen molar-refractivity contribution in [3.8, 4) is 0 Å². The zero-order valence-electron chi connectivity index (χ0n) is 5.13. The van der Waals surface area contributed by atoms with E-state index in [1.54, 1.807) is 0 Å². The minimum absolute atomic E-state index is 0.399. The Morgan fingerprint density at radius 2 is 2.33 bits per heavy atom. The van der Waals surface area contributed by atoms with Crippen molar-refractivity contribution in [1.82, 2.24) is 10.4 Å². The molecule has 0 unspecified atom stereocenters. The van der Waals surface area contributed by atoms with Crippen LogP contribution in [0.2, 0.25) is 0 Å². The highest BCUT2D eigenvalue weighted by Crippen LogP contribution is 1.67. The van der Waals surface area contributed by atoms with Crippen LogP contribution in [0.5, 0.6) is 0 Å². The van der Waals surface area contributed by atoms with Crippen molar-refractivity contribution in [2.45, 2.75) is 0 Å². The SMILES string of the molecule is C=CC(=O)NN(C)C=O. The second-order valence-electron chi connectivity index (χ2n) is 1.40. The molecule has 0 saturated carbocycles. The van der Waals surface area contributed by atoms with Gasteiger partial charge in [-0.05, 0) is 6.08 Å². The van der Waals surface area contributed by atoms with E-state index in [2.05, 4.69) is 12.0 Å². The molecule has 0 aliphatic heterocycles. The molecule has 0 spiro atoms. The fraction of sp³-hybridized carbons (Fsp3) is 0.200. The quantitative estimate of drug-likeness (QED) is 0.310. The average Bonchev–Trinajstić information content (AvgIpc) is 1.87. The van der Waals surface area contributed by atoms with Crippen LogP contribution in [0, 0.1) is 0 Å². The summed E-state index contributed by atoms with van der Waals surface area (Å²) in [5.41, 5.74) is 2.19. The fourth-order valence-corrected chi connectivity index (χ4v) is 0.246. The van der Waals surface area contributed by atoms with E-state index in [4.69, 9.17) is 0 Å². The van der Waals surface area contributed by atoms with E-state index in [0.717, 1.165) is 11.1 Å². The molecule has 9 heavy (non-hydrogen) atoms. The molecule has 0 atom stereocenters. The van der Waals surface area contributed by atoms with Gasteiger partial charge in [0, 0.05) is 7.05 Å². The van der Waals surface area contributed by atoms with E-state index in [9.17, 15) is 9.59 Å². The summed E-state index contributed by atoms with van der Waals surface area (Å²) in [5, 5.41) is 1.00. The van der Waals surface area contributed by atoms with Crippen LogP contribution in [-0.4, -0.2) is 24.4 Å². The first-order valence-electron chi connectivity index (χ1n) is 2.32. The summed E-state index contributed by atoms with van der Waals surface area (Å²) in [5.74, 6) is -0.399. The van der Waals surface area contributed by atoms with E-state index in [-0.39, 0.29) is 0 Å². The van der Waals surface area contributed by atoms with Crippen molar-refractivity contribution in [2.24, 2.45) is 0 Å². The molecule has 0 aromatic heterocycles. The number of hydrazine groups is 1. The van der Waals surface area contributed by atoms with Gasteiger partial charge in [0.15, 0.2) is 0 Å². The molecule has 4 nitrogen and oxygen atoms in total. The van der Waals surface area contributed by atoms with Crippen molar-refractivity contribution in [3.63, 3.8) is 0 Å². The first-order chi connectivity index (χ1) is 4.20. The van der Waals surface area contributed by atoms with Gasteiger partial charge < -0.3 is 0 Å². The molecule has 0 aliphatic carbocycles. The lowest BCUT2D eigenvalue weighted by molar-refractivity contribution is -0.129. The molecule has 0 heterocycles. The average molecular weight is 128 g/mol. The van der Waals surface area contributed by atoms with E-state index >= 15 is 0 Å². The van der Waals surface area contributed by atoms with Crippen molar-refractivity contribution in [1.29, 1.82) is 0 Å². The molecule has 0 fully saturated rings. The molecule has 0 bridgehead atoms. The third kappa shape index (κ3) is 3.28. The van der Waals surface area contributed by atoms with Crippen LogP contribution in [-0.2, 0) is 9.59 Å². The van der Waals surface area contributed by atoms with Crippen LogP contribution in [0.15, 0.2) is 12.7 Å². The lowest BCUT2D eigenvalue weighted by Gasteiger charge is -2.08. The first-order valence-corrected chi connectivity index (χ1v) is 2.32. The van der Waals surface area contributed by atoms with Gasteiger partial charge in [0.25, 0.3) is 5.91 Å². The third-order valence-corrected chi connectivity index (χ3v) is 0.630. The largest absolute Gasteiger partial charge is 0.277 e. The molecule has 0 aromatic carbocycles. The normalized spacial score (nSPS) is 7.67. The number of nitrogens with one attached hydrogen (secondary N) is 1. The third-order valence-electron chi connectivity index (χ3n) is 0.630. The molecule has 0 aromatic rings. The zero-order valence-corrected chi connectivity index (χ0v) is 5.13. The summed E-state index contributed by atoms with van der Waals surface area (Å²) < 4.78 is 0. The van der Waals surface area contributed by atoms with E-state index in [1.165, 1.54) is 7.05 Å². The molecule has 0 aliphatic rings. The molecule has 1 N–H and O–H groups in total. The summed E-state index contributed by atoms with van der Waals surface area (Å²) in [4.78, 5) is 20.2. The second kappa shape index (κ2) is 3.65. The van der Waals surface area contributed by atoms with E-state index in [1.807, 2.05) is 0 Å². The van der Waals surface area contributed by atoms with Crippen molar-refractivity contribution in [2.75, 3.05) is 7.05 Å². The van der Waals surface area contributed by atoms with Crippen LogP contribution < -0.4 is 5.43 Å². The molecule has 50 valence electrons. The van der Waals surface area contributed by atoms with Crippen LogP contribution in [0.4, 0.5) is 0 Å². The van der Waals surface area contributed by atoms with E-state index in [0.29, 0.717) is 6.41 Å². The lowest BCUT2D eigenvalue weighted by Crippen LogP contribution is -2.36. The summed E-state index contributed by atoms with van der Waals surface area (Å²) in [6.07, 6.45) is 1.57. The van der Waals surface area contributed by atoms with Gasteiger partial charge in [-0.3, -0.25) is 20.0 Å². The second-order valence-corrected chi connectivity index (χ2v) is 1.40. The Morgan fingerprint density at radius 1 is 1.78 bits per heavy atom. The highest BCUT2D eigenvalue weighted by molar-refractivity contribution is 5.87. The number of amides is 2. The Labute approximate surface area is 53.1 Å². The van der Waals surface area contributed by atoms with Gasteiger partial charge in [0.2, 0.25) is 6.41 Å². The summed E-state index contributed by atoms with van der Waals surface area (Å²) in [6.45, 7) is 3.19. The van der Waals surface area contributed by atoms with Crippen LogP contribution >= 0.6 is 0 Å². The van der Waals surface area contributed by atoms with Crippen molar-refractivity contribution < 1.29 is 9.59 Å². The van der Waals surface area contributed by atoms with Gasteiger partial charge in [0.05, 0.1) is 0 Å². The molecule has 0 rings (SSSR count). The van der Waals surface area contributed by atoms with Gasteiger partial charge in [-0.2, -0.15) is 0 Å². The van der Waals surface area contributed by atoms with Crippen LogP contribution in [0.25, 0.3) is 0 Å². The monoisotopic (exact) mass is 128 g/mol. The number of nitrogens with zero attached hydrogens (tertiary/aromatic N) is 1. The molecule has 0 saturated heterocycles. The predicted molar refractivity (Wildman–Crippen MR) is 32.2 cm³/mol. The zero-order chi connectivity index (χ0) is 7.28. The summed E-state index contributed by atoms with van der Waals surface area (Å²) in [6, 6.07) is 0. The number of hydrogen-bond acceptors (Lipinski definition) is 2. The smallest absolute Gasteiger partial charge is 0.261 e. The summed E-state index contributed by atoms with van der Waals surface area (Å²) >= 11 is 0. The Bertz CT molecular complexity index is 133. The maximum absolute atomic E-state index is 10.4. The molecule has 4 heteroatoms. The maximum Gasteiger partial charge on any atom is 0.261 e. The van der Waals surface area contributed by atoms with Gasteiger partial charge in [-0.25, -0.2) is 0 Å². The minimum atomic E-state index is -0.399. The molecular weight excluding hydrogens is 120 g/mol. The van der Waals surface area contributed by atoms with Gasteiger partial charge in [0.1, 0.15) is 0 Å².